The maximum atomic E-state index is 7.56. The van der Waals surface area contributed by atoms with Gasteiger partial charge in [-0.15, -0.1) is 0 Å². The molecular formula is C6H16N2NiO2S2. The summed E-state index contributed by atoms with van der Waals surface area (Å²) in [4.78, 5) is 0. The zero-order valence-electron chi connectivity index (χ0n) is 7.60. The van der Waals surface area contributed by atoms with E-state index in [4.69, 9.17) is 10.2 Å². The van der Waals surface area contributed by atoms with Crippen LogP contribution < -0.4 is 11.5 Å². The average molecular weight is 271 g/mol. The van der Waals surface area contributed by atoms with Crippen LogP contribution in [0.25, 0.3) is 0 Å². The molecule has 0 aliphatic heterocycles. The molecule has 0 fully saturated rings. The number of hydrogen-bond donors (Lipinski definition) is 4. The van der Waals surface area contributed by atoms with Gasteiger partial charge in [0.2, 0.25) is 0 Å². The van der Waals surface area contributed by atoms with E-state index in [2.05, 4.69) is 49.8 Å². The molecule has 0 aromatic carbocycles. The molecule has 4 nitrogen and oxygen atoms in total. The number of hydrogen-bond acceptors (Lipinski definition) is 2. The van der Waals surface area contributed by atoms with Crippen molar-refractivity contribution in [1.82, 2.24) is 0 Å². The number of nitrogens with two attached hydrogens (primary N) is 2. The van der Waals surface area contributed by atoms with Gasteiger partial charge < -0.3 is 21.7 Å². The Hall–Kier alpha value is -0.126. The van der Waals surface area contributed by atoms with Gasteiger partial charge in [-0.2, -0.15) is 0 Å². The minimum absolute atomic E-state index is 0. The van der Waals surface area contributed by atoms with Gasteiger partial charge in [0.1, 0.15) is 0 Å². The average Bonchev–Trinajstić information content (AvgIpc) is 1.85. The maximum absolute atomic E-state index is 7.56. The minimum atomic E-state index is -0.500. The summed E-state index contributed by atoms with van der Waals surface area (Å²) in [5, 5.41) is 14.1. The number of aliphatic hydroxyl groups excluding tert-OH is 2. The molecule has 0 aliphatic carbocycles. The van der Waals surface area contributed by atoms with Crippen molar-refractivity contribution < 1.29 is 26.7 Å². The van der Waals surface area contributed by atoms with E-state index in [-0.39, 0.29) is 16.5 Å². The predicted octanol–water partition coefficient (Wildman–Crippen LogP) is 1.38. The molecule has 0 spiro atoms. The van der Waals surface area contributed by atoms with Crippen molar-refractivity contribution in [2.45, 2.75) is 26.7 Å². The van der Waals surface area contributed by atoms with Crippen LogP contribution in [0.2, 0.25) is 0 Å². The summed E-state index contributed by atoms with van der Waals surface area (Å²) >= 11 is 7.74. The third-order valence-corrected chi connectivity index (χ3v) is 0.500. The Balaban J connectivity index is -0.0000000450. The van der Waals surface area contributed by atoms with Crippen LogP contribution in [0.4, 0.5) is 0 Å². The Labute approximate surface area is 99.6 Å². The Morgan fingerprint density at radius 3 is 1.08 bits per heavy atom. The van der Waals surface area contributed by atoms with Crippen molar-refractivity contribution >= 4 is 34.8 Å². The topological polar surface area (TPSA) is 92.5 Å². The predicted molar refractivity (Wildman–Crippen MR) is 59.4 cm³/mol. The molecular weight excluding hydrogens is 255 g/mol. The SMILES string of the molecule is CCCC.NC(O)=S.NC(O)=S.[Ni]. The van der Waals surface area contributed by atoms with E-state index in [0.29, 0.717) is 0 Å². The summed E-state index contributed by atoms with van der Waals surface area (Å²) in [6.45, 7) is 4.36. The summed E-state index contributed by atoms with van der Waals surface area (Å²) in [5.41, 5.74) is 8.80. The first-order valence-corrected chi connectivity index (χ1v) is 4.16. The first-order valence-electron chi connectivity index (χ1n) is 3.35. The van der Waals surface area contributed by atoms with E-state index in [9.17, 15) is 0 Å². The number of thiocarbonyl (C=S) groups is 2. The van der Waals surface area contributed by atoms with Gasteiger partial charge in [0, 0.05) is 16.5 Å². The molecule has 0 saturated carbocycles. The third-order valence-electron chi connectivity index (χ3n) is 0.500. The largest absolute Gasteiger partial charge is 0.487 e. The fourth-order valence-corrected chi connectivity index (χ4v) is 0. The molecule has 13 heavy (non-hydrogen) atoms. The third kappa shape index (κ3) is 1520. The molecule has 0 heterocycles. The summed E-state index contributed by atoms with van der Waals surface area (Å²) in [7, 11) is 0. The van der Waals surface area contributed by atoms with Gasteiger partial charge >= 0.3 is 0 Å². The maximum Gasteiger partial charge on any atom is 0.251 e. The number of unbranched alkanes of at least 4 members (excludes halogenated alkanes) is 1. The summed E-state index contributed by atoms with van der Waals surface area (Å²) in [6.07, 6.45) is 2.64. The molecule has 0 atom stereocenters. The van der Waals surface area contributed by atoms with Crippen LogP contribution in [0.15, 0.2) is 0 Å². The molecule has 0 aromatic rings. The quantitative estimate of drug-likeness (QED) is 0.425. The number of aliphatic hydroxyl groups is 2. The van der Waals surface area contributed by atoms with Gasteiger partial charge in [0.15, 0.2) is 0 Å². The van der Waals surface area contributed by atoms with Gasteiger partial charge in [-0.25, -0.2) is 0 Å². The van der Waals surface area contributed by atoms with Gasteiger partial charge in [0.05, 0.1) is 0 Å². The molecule has 7 heteroatoms. The molecule has 0 aromatic heterocycles. The molecule has 0 unspecified atom stereocenters. The Bertz CT molecular complexity index is 103. The van der Waals surface area contributed by atoms with Crippen LogP contribution in [0.3, 0.4) is 0 Å². The monoisotopic (exact) mass is 270 g/mol. The normalized spacial score (nSPS) is 6.00. The van der Waals surface area contributed by atoms with Crippen LogP contribution in [0.5, 0.6) is 0 Å². The molecule has 6 N–H and O–H groups in total. The van der Waals surface area contributed by atoms with Gasteiger partial charge in [-0.1, -0.05) is 26.7 Å². The summed E-state index contributed by atoms with van der Waals surface area (Å²) < 4.78 is 0. The molecule has 0 bridgehead atoms. The van der Waals surface area contributed by atoms with Crippen LogP contribution in [-0.2, 0) is 16.5 Å². The van der Waals surface area contributed by atoms with Crippen LogP contribution in [-0.4, -0.2) is 20.6 Å². The first kappa shape index (κ1) is 23.0. The second-order valence-electron chi connectivity index (χ2n) is 1.68. The summed E-state index contributed by atoms with van der Waals surface area (Å²) in [6, 6.07) is 0. The van der Waals surface area contributed by atoms with E-state index in [0.717, 1.165) is 0 Å². The Morgan fingerprint density at radius 2 is 1.08 bits per heavy atom. The van der Waals surface area contributed by atoms with Crippen LogP contribution >= 0.6 is 24.4 Å². The van der Waals surface area contributed by atoms with Crippen molar-refractivity contribution in [2.24, 2.45) is 11.5 Å². The Morgan fingerprint density at radius 1 is 1.00 bits per heavy atom. The smallest absolute Gasteiger partial charge is 0.251 e. The fourth-order valence-electron chi connectivity index (χ4n) is 0. The molecule has 0 aliphatic rings. The van der Waals surface area contributed by atoms with Gasteiger partial charge in [-0.3, -0.25) is 0 Å². The molecule has 0 radical (unpaired) electrons. The second-order valence-corrected chi connectivity index (χ2v) is 2.51. The molecule has 0 saturated heterocycles. The van der Waals surface area contributed by atoms with Crippen molar-refractivity contribution in [1.29, 1.82) is 0 Å². The van der Waals surface area contributed by atoms with E-state index in [1.165, 1.54) is 12.8 Å². The number of rotatable bonds is 1. The molecule has 84 valence electrons. The van der Waals surface area contributed by atoms with Crippen molar-refractivity contribution in [3.05, 3.63) is 0 Å². The van der Waals surface area contributed by atoms with Crippen molar-refractivity contribution in [3.63, 3.8) is 0 Å². The van der Waals surface area contributed by atoms with E-state index < -0.39 is 10.3 Å². The van der Waals surface area contributed by atoms with Crippen LogP contribution in [0.1, 0.15) is 26.7 Å². The first-order chi connectivity index (χ1) is 5.38. The van der Waals surface area contributed by atoms with Crippen molar-refractivity contribution in [3.8, 4) is 0 Å². The van der Waals surface area contributed by atoms with E-state index in [1.807, 2.05) is 0 Å². The van der Waals surface area contributed by atoms with Gasteiger partial charge in [-0.05, 0) is 24.4 Å². The zero-order valence-corrected chi connectivity index (χ0v) is 10.2. The van der Waals surface area contributed by atoms with E-state index >= 15 is 0 Å². The molecule has 0 rings (SSSR count). The fraction of sp³-hybridized carbons (Fsp3) is 0.667. The van der Waals surface area contributed by atoms with E-state index in [1.54, 1.807) is 0 Å². The minimum Gasteiger partial charge on any atom is -0.487 e. The van der Waals surface area contributed by atoms with Crippen LogP contribution in [0, 0.1) is 0 Å². The van der Waals surface area contributed by atoms with Gasteiger partial charge in [0.25, 0.3) is 10.3 Å². The molecule has 0 amide bonds. The van der Waals surface area contributed by atoms with Crippen molar-refractivity contribution in [2.75, 3.05) is 0 Å². The zero-order chi connectivity index (χ0) is 10.6. The summed E-state index contributed by atoms with van der Waals surface area (Å²) in [5.74, 6) is 0. The standard InChI is InChI=1S/C4H10.2CH3NOS.Ni/c1-3-4-2;2*2-1(3)4;/h3-4H2,1-2H3;2*(H3,2,3,4);. The Kier molecular flexibility index (Phi) is 40.2. The second kappa shape index (κ2) is 22.6.